The normalized spacial score (nSPS) is 12.7. The van der Waals surface area contributed by atoms with Gasteiger partial charge in [0.25, 0.3) is 5.91 Å². The molecule has 0 fully saturated rings. The molecule has 1 amide bonds. The molecule has 2 aromatic carbocycles. The van der Waals surface area contributed by atoms with E-state index in [1.54, 1.807) is 12.1 Å². The minimum Gasteiger partial charge on any atom is -0.337 e. The fourth-order valence-electron chi connectivity index (χ4n) is 2.27. The van der Waals surface area contributed by atoms with Crippen LogP contribution in [0.25, 0.3) is 0 Å². The fraction of sp³-hybridized carbons (Fsp3) is 0.235. The van der Waals surface area contributed by atoms with Gasteiger partial charge in [0.05, 0.1) is 5.56 Å². The maximum atomic E-state index is 13.0. The van der Waals surface area contributed by atoms with Gasteiger partial charge in [0.1, 0.15) is 0 Å². The third kappa shape index (κ3) is 4.23. The molecule has 24 heavy (non-hydrogen) atoms. The minimum absolute atomic E-state index is 0.0344. The summed E-state index contributed by atoms with van der Waals surface area (Å²) < 4.78 is 50.4. The van der Waals surface area contributed by atoms with Crippen LogP contribution in [0.3, 0.4) is 0 Å². The molecule has 0 heterocycles. The Balaban J connectivity index is 2.19. The monoisotopic (exact) mass is 355 g/mol. The second-order valence-electron chi connectivity index (χ2n) is 5.29. The first-order valence-corrected chi connectivity index (χ1v) is 8.60. The van der Waals surface area contributed by atoms with Crippen LogP contribution >= 0.6 is 0 Å². The van der Waals surface area contributed by atoms with Crippen molar-refractivity contribution in [3.05, 3.63) is 65.2 Å². The molecular weight excluding hydrogens is 339 g/mol. The Hall–Kier alpha value is -2.15. The highest BCUT2D eigenvalue weighted by atomic mass is 32.2. The van der Waals surface area contributed by atoms with Crippen LogP contribution in [0.2, 0.25) is 0 Å². The molecule has 0 aliphatic rings. The average molecular weight is 355 g/mol. The summed E-state index contributed by atoms with van der Waals surface area (Å²) in [5, 5.41) is 0. The van der Waals surface area contributed by atoms with Crippen LogP contribution in [0.4, 0.5) is 13.2 Å². The van der Waals surface area contributed by atoms with Crippen molar-refractivity contribution in [3.8, 4) is 0 Å². The van der Waals surface area contributed by atoms with E-state index in [1.807, 2.05) is 0 Å². The number of carbonyl (C=O) groups is 1. The van der Waals surface area contributed by atoms with Gasteiger partial charge in [-0.25, -0.2) is 0 Å². The molecule has 0 spiro atoms. The van der Waals surface area contributed by atoms with Crippen LogP contribution in [0.1, 0.15) is 21.5 Å². The smallest absolute Gasteiger partial charge is 0.337 e. The van der Waals surface area contributed by atoms with Crippen molar-refractivity contribution in [2.45, 2.75) is 17.6 Å². The second kappa shape index (κ2) is 7.17. The minimum atomic E-state index is -4.46. The lowest BCUT2D eigenvalue weighted by Crippen LogP contribution is -2.27. The highest BCUT2D eigenvalue weighted by molar-refractivity contribution is 7.84. The third-order valence-electron chi connectivity index (χ3n) is 3.51. The molecule has 0 aliphatic carbocycles. The first-order chi connectivity index (χ1) is 11.2. The van der Waals surface area contributed by atoms with Gasteiger partial charge in [0, 0.05) is 41.1 Å². The van der Waals surface area contributed by atoms with Gasteiger partial charge in [-0.05, 0) is 35.9 Å². The standard InChI is InChI=1S/C17H16F3NO2S/c1-21(11-13-5-3-4-6-15(13)17(18,19)20)16(22)12-7-9-14(10-8-12)24(2)23/h3-10H,11H2,1-2H3. The largest absolute Gasteiger partial charge is 0.416 e. The third-order valence-corrected chi connectivity index (χ3v) is 4.45. The molecular formula is C17H16F3NO2S. The molecule has 1 unspecified atom stereocenters. The van der Waals surface area contributed by atoms with Crippen molar-refractivity contribution < 1.29 is 22.2 Å². The van der Waals surface area contributed by atoms with Gasteiger partial charge in [-0.3, -0.25) is 9.00 Å². The van der Waals surface area contributed by atoms with E-state index >= 15 is 0 Å². The van der Waals surface area contributed by atoms with E-state index in [1.165, 1.54) is 48.5 Å². The van der Waals surface area contributed by atoms with Crippen LogP contribution in [0, 0.1) is 0 Å². The Bertz CT molecular complexity index is 757. The summed E-state index contributed by atoms with van der Waals surface area (Å²) in [5.41, 5.74) is -0.385. The van der Waals surface area contributed by atoms with Crippen molar-refractivity contribution >= 4 is 16.7 Å². The van der Waals surface area contributed by atoms with Crippen molar-refractivity contribution in [1.82, 2.24) is 4.90 Å². The Labute approximate surface area is 140 Å². The topological polar surface area (TPSA) is 37.4 Å². The van der Waals surface area contributed by atoms with Gasteiger partial charge in [-0.2, -0.15) is 13.2 Å². The lowest BCUT2D eigenvalue weighted by Gasteiger charge is -2.20. The number of benzene rings is 2. The summed E-state index contributed by atoms with van der Waals surface area (Å²) in [6.45, 7) is -0.157. The van der Waals surface area contributed by atoms with E-state index in [4.69, 9.17) is 0 Å². The van der Waals surface area contributed by atoms with Crippen molar-refractivity contribution in [2.75, 3.05) is 13.3 Å². The molecule has 0 N–H and O–H groups in total. The van der Waals surface area contributed by atoms with E-state index in [2.05, 4.69) is 0 Å². The van der Waals surface area contributed by atoms with E-state index in [-0.39, 0.29) is 12.1 Å². The Morgan fingerprint density at radius 3 is 2.21 bits per heavy atom. The number of hydrogen-bond donors (Lipinski definition) is 0. The number of amides is 1. The van der Waals surface area contributed by atoms with Gasteiger partial charge < -0.3 is 4.90 Å². The van der Waals surface area contributed by atoms with Crippen LogP contribution in [0.15, 0.2) is 53.4 Å². The van der Waals surface area contributed by atoms with Crippen molar-refractivity contribution in [3.63, 3.8) is 0 Å². The quantitative estimate of drug-likeness (QED) is 0.838. The zero-order valence-corrected chi connectivity index (χ0v) is 13.9. The molecule has 128 valence electrons. The van der Waals surface area contributed by atoms with Crippen LogP contribution < -0.4 is 0 Å². The number of hydrogen-bond acceptors (Lipinski definition) is 2. The molecule has 3 nitrogen and oxygen atoms in total. The average Bonchev–Trinajstić information content (AvgIpc) is 2.53. The predicted octanol–water partition coefficient (Wildman–Crippen LogP) is 3.72. The van der Waals surface area contributed by atoms with E-state index in [0.29, 0.717) is 10.5 Å². The van der Waals surface area contributed by atoms with E-state index < -0.39 is 28.4 Å². The Morgan fingerprint density at radius 2 is 1.67 bits per heavy atom. The summed E-state index contributed by atoms with van der Waals surface area (Å²) in [5.74, 6) is -0.402. The molecule has 0 aliphatic heterocycles. The summed E-state index contributed by atoms with van der Waals surface area (Å²) in [6.07, 6.45) is -2.94. The molecule has 2 rings (SSSR count). The van der Waals surface area contributed by atoms with Gasteiger partial charge in [-0.1, -0.05) is 18.2 Å². The Kier molecular flexibility index (Phi) is 5.43. The lowest BCUT2D eigenvalue weighted by atomic mass is 10.1. The van der Waals surface area contributed by atoms with Gasteiger partial charge in [0.15, 0.2) is 0 Å². The number of carbonyl (C=O) groups excluding carboxylic acids is 1. The van der Waals surface area contributed by atoms with Crippen molar-refractivity contribution in [2.24, 2.45) is 0 Å². The van der Waals surface area contributed by atoms with Crippen molar-refractivity contribution in [1.29, 1.82) is 0 Å². The summed E-state index contributed by atoms with van der Waals surface area (Å²) in [4.78, 5) is 14.2. The van der Waals surface area contributed by atoms with Crippen LogP contribution in [-0.2, 0) is 23.5 Å². The zero-order chi connectivity index (χ0) is 17.9. The molecule has 0 saturated heterocycles. The summed E-state index contributed by atoms with van der Waals surface area (Å²) in [6, 6.07) is 11.4. The molecule has 2 aromatic rings. The molecule has 7 heteroatoms. The second-order valence-corrected chi connectivity index (χ2v) is 6.67. The van der Waals surface area contributed by atoms with Gasteiger partial charge in [0.2, 0.25) is 0 Å². The molecule has 1 atom stereocenters. The van der Waals surface area contributed by atoms with E-state index in [9.17, 15) is 22.2 Å². The summed E-state index contributed by atoms with van der Waals surface area (Å²) >= 11 is 0. The number of halogens is 3. The van der Waals surface area contributed by atoms with Crippen LogP contribution in [0.5, 0.6) is 0 Å². The predicted molar refractivity (Wildman–Crippen MR) is 86.0 cm³/mol. The maximum absolute atomic E-state index is 13.0. The lowest BCUT2D eigenvalue weighted by molar-refractivity contribution is -0.138. The Morgan fingerprint density at radius 1 is 1.08 bits per heavy atom. The number of alkyl halides is 3. The first-order valence-electron chi connectivity index (χ1n) is 7.04. The molecule has 0 bridgehead atoms. The highest BCUT2D eigenvalue weighted by Crippen LogP contribution is 2.32. The molecule has 0 saturated carbocycles. The van der Waals surface area contributed by atoms with E-state index in [0.717, 1.165) is 6.07 Å². The molecule has 0 radical (unpaired) electrons. The first kappa shape index (κ1) is 18.2. The number of rotatable bonds is 4. The molecule has 0 aromatic heterocycles. The zero-order valence-electron chi connectivity index (χ0n) is 13.1. The highest BCUT2D eigenvalue weighted by Gasteiger charge is 2.33. The SMILES string of the molecule is CN(Cc1ccccc1C(F)(F)F)C(=O)c1ccc(S(C)=O)cc1. The van der Waals surface area contributed by atoms with Gasteiger partial charge in [-0.15, -0.1) is 0 Å². The van der Waals surface area contributed by atoms with Crippen LogP contribution in [-0.4, -0.2) is 28.3 Å². The number of nitrogens with zero attached hydrogens (tertiary/aromatic N) is 1. The maximum Gasteiger partial charge on any atom is 0.416 e. The fourth-order valence-corrected chi connectivity index (χ4v) is 2.79. The summed E-state index contributed by atoms with van der Waals surface area (Å²) in [7, 11) is 0.290. The van der Waals surface area contributed by atoms with Gasteiger partial charge >= 0.3 is 6.18 Å².